The van der Waals surface area contributed by atoms with Crippen LogP contribution < -0.4 is 15.4 Å². The van der Waals surface area contributed by atoms with Gasteiger partial charge in [-0.15, -0.1) is 0 Å². The van der Waals surface area contributed by atoms with Gasteiger partial charge in [0.25, 0.3) is 0 Å². The molecule has 1 fully saturated rings. The van der Waals surface area contributed by atoms with Gasteiger partial charge in [0.05, 0.1) is 13.2 Å². The van der Waals surface area contributed by atoms with Crippen LogP contribution in [0.5, 0.6) is 5.75 Å². The molecule has 0 spiro atoms. The number of aliphatic imine (C=N–C) groups is 1. The van der Waals surface area contributed by atoms with Crippen molar-refractivity contribution in [3.05, 3.63) is 65.7 Å². The average molecular weight is 412 g/mol. The van der Waals surface area contributed by atoms with Gasteiger partial charge in [0, 0.05) is 39.3 Å². The van der Waals surface area contributed by atoms with Gasteiger partial charge in [0.15, 0.2) is 5.96 Å². The van der Waals surface area contributed by atoms with E-state index in [1.54, 1.807) is 7.05 Å². The molecular weight excluding hydrogens is 378 g/mol. The van der Waals surface area contributed by atoms with E-state index in [1.807, 2.05) is 30.3 Å². The highest BCUT2D eigenvalue weighted by molar-refractivity contribution is 5.79. The minimum atomic E-state index is 0.566. The Morgan fingerprint density at radius 3 is 2.60 bits per heavy atom. The molecule has 6 nitrogen and oxygen atoms in total. The van der Waals surface area contributed by atoms with Gasteiger partial charge < -0.3 is 24.8 Å². The number of para-hydroxylation sites is 1. The van der Waals surface area contributed by atoms with Crippen LogP contribution in [0.15, 0.2) is 59.6 Å². The maximum Gasteiger partial charge on any atom is 0.191 e. The summed E-state index contributed by atoms with van der Waals surface area (Å²) in [5.41, 5.74) is 2.35. The molecule has 30 heavy (non-hydrogen) atoms. The zero-order valence-electron chi connectivity index (χ0n) is 17.8. The Balaban J connectivity index is 1.28. The summed E-state index contributed by atoms with van der Waals surface area (Å²) in [7, 11) is 1.79. The van der Waals surface area contributed by atoms with E-state index in [0.29, 0.717) is 12.5 Å². The molecule has 0 aromatic heterocycles. The number of ether oxygens (including phenoxy) is 3. The van der Waals surface area contributed by atoms with Crippen molar-refractivity contribution in [1.29, 1.82) is 0 Å². The fraction of sp³-hybridized carbons (Fsp3) is 0.458. The van der Waals surface area contributed by atoms with Crippen LogP contribution in [0.25, 0.3) is 0 Å². The maximum absolute atomic E-state index is 5.79. The predicted molar refractivity (Wildman–Crippen MR) is 120 cm³/mol. The van der Waals surface area contributed by atoms with E-state index in [4.69, 9.17) is 14.2 Å². The molecule has 2 aromatic rings. The molecule has 1 atom stereocenters. The van der Waals surface area contributed by atoms with E-state index < -0.39 is 0 Å². The van der Waals surface area contributed by atoms with Gasteiger partial charge in [-0.3, -0.25) is 4.99 Å². The lowest BCUT2D eigenvalue weighted by atomic mass is 10.1. The lowest BCUT2D eigenvalue weighted by Gasteiger charge is -2.13. The molecule has 1 aliphatic heterocycles. The second-order valence-electron chi connectivity index (χ2n) is 7.43. The number of hydrogen-bond donors (Lipinski definition) is 2. The molecule has 2 N–H and O–H groups in total. The standard InChI is InChI=1S/C24H33N3O3/c1-25-24(26-13-5-14-28-17-22-12-15-29-18-22)27-16-20-8-10-21(11-9-20)19-30-23-6-3-2-4-7-23/h2-4,6-11,22H,5,12-19H2,1H3,(H2,25,26,27). The molecule has 3 rings (SSSR count). The highest BCUT2D eigenvalue weighted by atomic mass is 16.5. The first-order valence-electron chi connectivity index (χ1n) is 10.7. The Labute approximate surface area is 179 Å². The zero-order valence-corrected chi connectivity index (χ0v) is 17.8. The highest BCUT2D eigenvalue weighted by Crippen LogP contribution is 2.13. The molecular formula is C24H33N3O3. The maximum atomic E-state index is 5.79. The normalized spacial score (nSPS) is 16.4. The van der Waals surface area contributed by atoms with Crippen LogP contribution in [0.3, 0.4) is 0 Å². The molecule has 1 heterocycles. The molecule has 0 radical (unpaired) electrons. The van der Waals surface area contributed by atoms with Crippen molar-refractivity contribution in [2.45, 2.75) is 26.0 Å². The zero-order chi connectivity index (χ0) is 20.9. The first kappa shape index (κ1) is 22.1. The second-order valence-corrected chi connectivity index (χ2v) is 7.43. The Morgan fingerprint density at radius 2 is 1.87 bits per heavy atom. The highest BCUT2D eigenvalue weighted by Gasteiger charge is 2.15. The average Bonchev–Trinajstić information content (AvgIpc) is 3.32. The Bertz CT molecular complexity index is 744. The van der Waals surface area contributed by atoms with Gasteiger partial charge >= 0.3 is 0 Å². The lowest BCUT2D eigenvalue weighted by Crippen LogP contribution is -2.37. The lowest BCUT2D eigenvalue weighted by molar-refractivity contribution is 0.0888. The number of nitrogens with zero attached hydrogens (tertiary/aromatic N) is 1. The molecule has 1 aliphatic rings. The van der Waals surface area contributed by atoms with Gasteiger partial charge in [0.1, 0.15) is 12.4 Å². The van der Waals surface area contributed by atoms with Crippen LogP contribution in [0, 0.1) is 5.92 Å². The van der Waals surface area contributed by atoms with E-state index in [0.717, 1.165) is 69.6 Å². The summed E-state index contributed by atoms with van der Waals surface area (Å²) in [6.07, 6.45) is 2.07. The van der Waals surface area contributed by atoms with E-state index in [9.17, 15) is 0 Å². The third-order valence-corrected chi connectivity index (χ3v) is 4.99. The van der Waals surface area contributed by atoms with Crippen molar-refractivity contribution < 1.29 is 14.2 Å². The largest absolute Gasteiger partial charge is 0.489 e. The number of benzene rings is 2. The van der Waals surface area contributed by atoms with Crippen molar-refractivity contribution in [1.82, 2.24) is 10.6 Å². The van der Waals surface area contributed by atoms with E-state index >= 15 is 0 Å². The van der Waals surface area contributed by atoms with Gasteiger partial charge in [-0.25, -0.2) is 0 Å². The smallest absolute Gasteiger partial charge is 0.191 e. The summed E-state index contributed by atoms with van der Waals surface area (Å²) >= 11 is 0. The summed E-state index contributed by atoms with van der Waals surface area (Å²) in [6, 6.07) is 18.3. The van der Waals surface area contributed by atoms with Crippen molar-refractivity contribution in [3.8, 4) is 5.75 Å². The third-order valence-electron chi connectivity index (χ3n) is 4.99. The molecule has 1 saturated heterocycles. The topological polar surface area (TPSA) is 64.1 Å². The number of guanidine groups is 1. The SMILES string of the molecule is CN=C(NCCCOCC1CCOC1)NCc1ccc(COc2ccccc2)cc1. The third kappa shape index (κ3) is 8.05. The molecule has 2 aromatic carbocycles. The van der Waals surface area contributed by atoms with Crippen LogP contribution >= 0.6 is 0 Å². The summed E-state index contributed by atoms with van der Waals surface area (Å²) in [6.45, 7) is 5.40. The predicted octanol–water partition coefficient (Wildman–Crippen LogP) is 3.37. The molecule has 0 saturated carbocycles. The van der Waals surface area contributed by atoms with Crippen molar-refractivity contribution in [2.75, 3.05) is 40.0 Å². The number of nitrogens with one attached hydrogen (secondary N) is 2. The Morgan fingerprint density at radius 1 is 1.07 bits per heavy atom. The molecule has 6 heteroatoms. The first-order valence-corrected chi connectivity index (χ1v) is 10.7. The van der Waals surface area contributed by atoms with Crippen LogP contribution in [0.4, 0.5) is 0 Å². The molecule has 0 aliphatic carbocycles. The first-order chi connectivity index (χ1) is 14.8. The van der Waals surface area contributed by atoms with Gasteiger partial charge in [-0.2, -0.15) is 0 Å². The quantitative estimate of drug-likeness (QED) is 0.337. The van der Waals surface area contributed by atoms with Crippen molar-refractivity contribution in [2.24, 2.45) is 10.9 Å². The summed E-state index contributed by atoms with van der Waals surface area (Å²) in [5, 5.41) is 6.68. The number of rotatable bonds is 11. The number of hydrogen-bond acceptors (Lipinski definition) is 4. The van der Waals surface area contributed by atoms with Crippen molar-refractivity contribution >= 4 is 5.96 Å². The Kier molecular flexibility index (Phi) is 9.50. The molecule has 1 unspecified atom stereocenters. The van der Waals surface area contributed by atoms with Crippen LogP contribution in [0.2, 0.25) is 0 Å². The van der Waals surface area contributed by atoms with Gasteiger partial charge in [0.2, 0.25) is 0 Å². The van der Waals surface area contributed by atoms with Crippen LogP contribution in [0.1, 0.15) is 24.0 Å². The van der Waals surface area contributed by atoms with E-state index in [1.165, 1.54) is 5.56 Å². The monoisotopic (exact) mass is 411 g/mol. The summed E-state index contributed by atoms with van der Waals surface area (Å²) < 4.78 is 16.9. The minimum Gasteiger partial charge on any atom is -0.489 e. The molecule has 162 valence electrons. The second kappa shape index (κ2) is 12.9. The summed E-state index contributed by atoms with van der Waals surface area (Å²) in [4.78, 5) is 4.28. The van der Waals surface area contributed by atoms with Gasteiger partial charge in [-0.1, -0.05) is 42.5 Å². The molecule has 0 amide bonds. The van der Waals surface area contributed by atoms with Crippen LogP contribution in [-0.2, 0) is 22.6 Å². The van der Waals surface area contributed by atoms with E-state index in [2.05, 4.69) is 39.9 Å². The van der Waals surface area contributed by atoms with Crippen LogP contribution in [-0.4, -0.2) is 46.0 Å². The van der Waals surface area contributed by atoms with Crippen molar-refractivity contribution in [3.63, 3.8) is 0 Å². The fourth-order valence-corrected chi connectivity index (χ4v) is 3.19. The fourth-order valence-electron chi connectivity index (χ4n) is 3.19. The minimum absolute atomic E-state index is 0.566. The summed E-state index contributed by atoms with van der Waals surface area (Å²) in [5.74, 6) is 2.26. The van der Waals surface area contributed by atoms with E-state index in [-0.39, 0.29) is 0 Å². The molecule has 0 bridgehead atoms. The van der Waals surface area contributed by atoms with Gasteiger partial charge in [-0.05, 0) is 36.1 Å². The Hall–Kier alpha value is -2.57.